The minimum atomic E-state index is -3.15. The summed E-state index contributed by atoms with van der Waals surface area (Å²) in [6.45, 7) is 4.04. The number of amides is 1. The highest BCUT2D eigenvalue weighted by Crippen LogP contribution is 2.22. The Morgan fingerprint density at radius 3 is 2.52 bits per heavy atom. The molecule has 0 aliphatic carbocycles. The highest BCUT2D eigenvalue weighted by Gasteiger charge is 2.23. The fraction of sp³-hybridized carbons (Fsp3) is 0.533. The standard InChI is InChI=1S/C15H23FN2O3S.ClH/c1-15(2,11-5-4-6-12(16)9-11)10-18-14(19)13(17)7-8-22(3,20)21;/h4-6,9,13H,7-8,10,17H2,1-3H3,(H,18,19);1H. The van der Waals surface area contributed by atoms with E-state index in [0.717, 1.165) is 11.8 Å². The van der Waals surface area contributed by atoms with Crippen molar-refractivity contribution in [3.05, 3.63) is 35.6 Å². The summed E-state index contributed by atoms with van der Waals surface area (Å²) in [6.07, 6.45) is 1.18. The largest absolute Gasteiger partial charge is 0.354 e. The number of carbonyl (C=O) groups is 1. The summed E-state index contributed by atoms with van der Waals surface area (Å²) in [7, 11) is -3.15. The van der Waals surface area contributed by atoms with E-state index in [1.54, 1.807) is 12.1 Å². The first-order valence-electron chi connectivity index (χ1n) is 6.98. The molecule has 0 spiro atoms. The minimum absolute atomic E-state index is 0. The molecular weight excluding hydrogens is 343 g/mol. The maximum Gasteiger partial charge on any atom is 0.236 e. The lowest BCUT2D eigenvalue weighted by Crippen LogP contribution is -2.45. The van der Waals surface area contributed by atoms with Gasteiger partial charge in [0, 0.05) is 18.2 Å². The van der Waals surface area contributed by atoms with Crippen LogP contribution in [0.3, 0.4) is 0 Å². The van der Waals surface area contributed by atoms with Gasteiger partial charge < -0.3 is 11.1 Å². The molecule has 23 heavy (non-hydrogen) atoms. The Morgan fingerprint density at radius 2 is 2.00 bits per heavy atom. The molecule has 0 aromatic heterocycles. The zero-order chi connectivity index (χ0) is 17.0. The summed E-state index contributed by atoms with van der Waals surface area (Å²) < 4.78 is 35.4. The third-order valence-electron chi connectivity index (χ3n) is 3.45. The second-order valence-corrected chi connectivity index (χ2v) is 8.40. The average Bonchev–Trinajstić information content (AvgIpc) is 2.41. The molecular formula is C15H24ClFN2O3S. The van der Waals surface area contributed by atoms with Gasteiger partial charge in [0.25, 0.3) is 0 Å². The van der Waals surface area contributed by atoms with Gasteiger partial charge in [0.1, 0.15) is 15.7 Å². The molecule has 1 unspecified atom stereocenters. The van der Waals surface area contributed by atoms with Gasteiger partial charge >= 0.3 is 0 Å². The number of rotatable bonds is 7. The monoisotopic (exact) mass is 366 g/mol. The number of hydrogen-bond acceptors (Lipinski definition) is 4. The molecule has 8 heteroatoms. The summed E-state index contributed by atoms with van der Waals surface area (Å²) in [5, 5.41) is 2.70. The Bertz CT molecular complexity index is 635. The van der Waals surface area contributed by atoms with Gasteiger partial charge in [-0.3, -0.25) is 4.79 Å². The second-order valence-electron chi connectivity index (χ2n) is 6.14. The summed E-state index contributed by atoms with van der Waals surface area (Å²) >= 11 is 0. The van der Waals surface area contributed by atoms with E-state index in [0.29, 0.717) is 0 Å². The third-order valence-corrected chi connectivity index (χ3v) is 4.42. The van der Waals surface area contributed by atoms with E-state index in [4.69, 9.17) is 5.73 Å². The highest BCUT2D eigenvalue weighted by molar-refractivity contribution is 7.90. The Kier molecular flexibility index (Phi) is 8.17. The van der Waals surface area contributed by atoms with Crippen molar-refractivity contribution >= 4 is 28.2 Å². The third kappa shape index (κ3) is 7.76. The first-order valence-corrected chi connectivity index (χ1v) is 9.04. The lowest BCUT2D eigenvalue weighted by molar-refractivity contribution is -0.122. The topological polar surface area (TPSA) is 89.3 Å². The van der Waals surface area contributed by atoms with Crippen LogP contribution in [0.4, 0.5) is 4.39 Å². The van der Waals surface area contributed by atoms with Crippen molar-refractivity contribution in [3.63, 3.8) is 0 Å². The van der Waals surface area contributed by atoms with Crippen molar-refractivity contribution in [1.29, 1.82) is 0 Å². The van der Waals surface area contributed by atoms with Gasteiger partial charge in [0.05, 0.1) is 11.8 Å². The molecule has 132 valence electrons. The average molecular weight is 367 g/mol. The summed E-state index contributed by atoms with van der Waals surface area (Å²) in [5.41, 5.74) is 5.98. The van der Waals surface area contributed by atoms with Gasteiger partial charge in [-0.15, -0.1) is 12.4 Å². The summed E-state index contributed by atoms with van der Waals surface area (Å²) in [6, 6.07) is 5.32. The van der Waals surface area contributed by atoms with Crippen molar-refractivity contribution in [1.82, 2.24) is 5.32 Å². The van der Waals surface area contributed by atoms with Crippen molar-refractivity contribution < 1.29 is 17.6 Å². The van der Waals surface area contributed by atoms with Gasteiger partial charge in [0.15, 0.2) is 0 Å². The van der Waals surface area contributed by atoms with Gasteiger partial charge in [-0.05, 0) is 24.1 Å². The van der Waals surface area contributed by atoms with Gasteiger partial charge in [-0.25, -0.2) is 12.8 Å². The number of hydrogen-bond donors (Lipinski definition) is 2. The molecule has 3 N–H and O–H groups in total. The Labute approximate surface area is 143 Å². The fourth-order valence-electron chi connectivity index (χ4n) is 1.92. The number of nitrogens with one attached hydrogen (secondary N) is 1. The summed E-state index contributed by atoms with van der Waals surface area (Å²) in [5.74, 6) is -0.871. The van der Waals surface area contributed by atoms with Crippen LogP contribution in [0.25, 0.3) is 0 Å². The molecule has 0 radical (unpaired) electrons. The van der Waals surface area contributed by atoms with Gasteiger partial charge in [0.2, 0.25) is 5.91 Å². The zero-order valence-electron chi connectivity index (χ0n) is 13.5. The molecule has 0 saturated carbocycles. The SMILES string of the molecule is CC(C)(CNC(=O)C(N)CCS(C)(=O)=O)c1cccc(F)c1.Cl. The molecule has 0 saturated heterocycles. The van der Waals surface area contributed by atoms with Crippen molar-refractivity contribution in [2.24, 2.45) is 5.73 Å². The molecule has 5 nitrogen and oxygen atoms in total. The Hall–Kier alpha value is -1.18. The molecule has 0 heterocycles. The van der Waals surface area contributed by atoms with Crippen LogP contribution in [0.5, 0.6) is 0 Å². The normalized spacial score (nSPS) is 13.1. The number of benzene rings is 1. The van der Waals surface area contributed by atoms with Crippen molar-refractivity contribution in [2.45, 2.75) is 31.7 Å². The fourth-order valence-corrected chi connectivity index (χ4v) is 2.60. The molecule has 0 aliphatic rings. The first-order chi connectivity index (χ1) is 10.0. The Morgan fingerprint density at radius 1 is 1.39 bits per heavy atom. The maximum absolute atomic E-state index is 13.3. The molecule has 1 aromatic rings. The van der Waals surface area contributed by atoms with Crippen LogP contribution in [-0.4, -0.2) is 38.9 Å². The zero-order valence-corrected chi connectivity index (χ0v) is 15.1. The number of sulfone groups is 1. The molecule has 0 bridgehead atoms. The van der Waals surface area contributed by atoms with Crippen molar-refractivity contribution in [2.75, 3.05) is 18.6 Å². The smallest absolute Gasteiger partial charge is 0.236 e. The molecule has 1 amide bonds. The van der Waals surface area contributed by atoms with E-state index in [1.165, 1.54) is 12.1 Å². The number of halogens is 2. The first kappa shape index (κ1) is 21.8. The maximum atomic E-state index is 13.3. The predicted molar refractivity (Wildman–Crippen MR) is 92.0 cm³/mol. The van der Waals surface area contributed by atoms with Gasteiger partial charge in [-0.2, -0.15) is 0 Å². The number of carbonyl (C=O) groups excluding carboxylic acids is 1. The molecule has 0 aliphatic heterocycles. The molecule has 1 rings (SSSR count). The van der Waals surface area contributed by atoms with Crippen LogP contribution >= 0.6 is 12.4 Å². The molecule has 1 aromatic carbocycles. The van der Waals surface area contributed by atoms with Crippen LogP contribution in [0, 0.1) is 5.82 Å². The van der Waals surface area contributed by atoms with Crippen molar-refractivity contribution in [3.8, 4) is 0 Å². The highest BCUT2D eigenvalue weighted by atomic mass is 35.5. The van der Waals surface area contributed by atoms with E-state index in [2.05, 4.69) is 5.32 Å². The van der Waals surface area contributed by atoms with E-state index in [-0.39, 0.29) is 36.9 Å². The van der Waals surface area contributed by atoms with Crippen LogP contribution in [0.2, 0.25) is 0 Å². The quantitative estimate of drug-likeness (QED) is 0.763. The lowest BCUT2D eigenvalue weighted by atomic mass is 9.84. The lowest BCUT2D eigenvalue weighted by Gasteiger charge is -2.26. The van der Waals surface area contributed by atoms with Crippen LogP contribution in [0.15, 0.2) is 24.3 Å². The summed E-state index contributed by atoms with van der Waals surface area (Å²) in [4.78, 5) is 11.9. The van der Waals surface area contributed by atoms with E-state index < -0.39 is 27.2 Å². The Balaban J connectivity index is 0.00000484. The van der Waals surface area contributed by atoms with E-state index >= 15 is 0 Å². The van der Waals surface area contributed by atoms with Gasteiger partial charge in [-0.1, -0.05) is 26.0 Å². The van der Waals surface area contributed by atoms with Crippen LogP contribution in [0.1, 0.15) is 25.8 Å². The van der Waals surface area contributed by atoms with E-state index in [9.17, 15) is 17.6 Å². The molecule has 0 fully saturated rings. The van der Waals surface area contributed by atoms with Crippen LogP contribution < -0.4 is 11.1 Å². The molecule has 1 atom stereocenters. The second kappa shape index (κ2) is 8.61. The number of nitrogens with two attached hydrogens (primary N) is 1. The van der Waals surface area contributed by atoms with E-state index in [1.807, 2.05) is 13.8 Å². The predicted octanol–water partition coefficient (Wildman–Crippen LogP) is 1.40. The van der Waals surface area contributed by atoms with Crippen LogP contribution in [-0.2, 0) is 20.0 Å². The minimum Gasteiger partial charge on any atom is -0.354 e.